The van der Waals surface area contributed by atoms with Crippen molar-refractivity contribution < 1.29 is 8.42 Å². The molecule has 2 rings (SSSR count). The van der Waals surface area contributed by atoms with Crippen LogP contribution in [0.15, 0.2) is 40.0 Å². The van der Waals surface area contributed by atoms with Gasteiger partial charge in [0.2, 0.25) is 0 Å². The second-order valence-electron chi connectivity index (χ2n) is 4.35. The third kappa shape index (κ3) is 3.84. The third-order valence-electron chi connectivity index (χ3n) is 2.52. The summed E-state index contributed by atoms with van der Waals surface area (Å²) in [4.78, 5) is 9.65. The fourth-order valence-corrected chi connectivity index (χ4v) is 3.50. The lowest BCUT2D eigenvalue weighted by Crippen LogP contribution is -2.15. The van der Waals surface area contributed by atoms with Gasteiger partial charge in [-0.1, -0.05) is 11.6 Å². The number of anilines is 2. The molecule has 0 bridgehead atoms. The Labute approximate surface area is 136 Å². The quantitative estimate of drug-likeness (QED) is 0.811. The topological polar surface area (TPSA) is 75.2 Å². The van der Waals surface area contributed by atoms with E-state index in [2.05, 4.69) is 30.6 Å². The van der Waals surface area contributed by atoms with Crippen LogP contribution in [0.1, 0.15) is 0 Å². The van der Waals surface area contributed by atoms with Gasteiger partial charge in [0.1, 0.15) is 15.9 Å². The summed E-state index contributed by atoms with van der Waals surface area (Å²) in [7, 11) is -0.135. The highest BCUT2D eigenvalue weighted by Crippen LogP contribution is 2.25. The number of nitrogens with one attached hydrogen (secondary N) is 1. The van der Waals surface area contributed by atoms with Crippen LogP contribution in [0, 0.1) is 0 Å². The molecule has 21 heavy (non-hydrogen) atoms. The Morgan fingerprint density at radius 1 is 1.24 bits per heavy atom. The number of halogens is 2. The average molecular weight is 392 g/mol. The van der Waals surface area contributed by atoms with Crippen LogP contribution in [0.25, 0.3) is 0 Å². The molecule has 0 aliphatic carbocycles. The maximum Gasteiger partial charge on any atom is 0.265 e. The van der Waals surface area contributed by atoms with Crippen molar-refractivity contribution in [3.8, 4) is 0 Å². The van der Waals surface area contributed by atoms with Crippen LogP contribution < -0.4 is 9.62 Å². The molecular weight excluding hydrogens is 380 g/mol. The van der Waals surface area contributed by atoms with Crippen LogP contribution in [0.5, 0.6) is 0 Å². The normalized spacial score (nSPS) is 11.2. The molecule has 9 heteroatoms. The Kier molecular flexibility index (Phi) is 4.70. The SMILES string of the molecule is CN(C)c1ccc(NS(=O)(=O)c2cc(Br)cnc2Cl)cn1. The van der Waals surface area contributed by atoms with E-state index in [1.807, 2.05) is 19.0 Å². The van der Waals surface area contributed by atoms with Gasteiger partial charge in [-0.2, -0.15) is 0 Å². The molecule has 0 spiro atoms. The van der Waals surface area contributed by atoms with E-state index in [4.69, 9.17) is 11.6 Å². The predicted molar refractivity (Wildman–Crippen MR) is 86.3 cm³/mol. The fraction of sp³-hybridized carbons (Fsp3) is 0.167. The predicted octanol–water partition coefficient (Wildman–Crippen LogP) is 2.76. The van der Waals surface area contributed by atoms with Crippen molar-refractivity contribution >= 4 is 49.1 Å². The number of hydrogen-bond donors (Lipinski definition) is 1. The molecule has 0 aromatic carbocycles. The van der Waals surface area contributed by atoms with Gasteiger partial charge in [-0.05, 0) is 34.1 Å². The maximum atomic E-state index is 12.3. The molecule has 0 saturated carbocycles. The lowest BCUT2D eigenvalue weighted by molar-refractivity contribution is 0.601. The first-order chi connectivity index (χ1) is 9.79. The van der Waals surface area contributed by atoms with Crippen molar-refractivity contribution in [3.05, 3.63) is 40.2 Å². The molecular formula is C12H12BrClN4O2S. The number of nitrogens with zero attached hydrogens (tertiary/aromatic N) is 3. The summed E-state index contributed by atoms with van der Waals surface area (Å²) in [6, 6.07) is 4.72. The highest BCUT2D eigenvalue weighted by molar-refractivity contribution is 9.10. The molecule has 6 nitrogen and oxygen atoms in total. The average Bonchev–Trinajstić information content (AvgIpc) is 2.41. The lowest BCUT2D eigenvalue weighted by atomic mass is 10.4. The minimum Gasteiger partial charge on any atom is -0.363 e. The summed E-state index contributed by atoms with van der Waals surface area (Å²) in [6.45, 7) is 0. The van der Waals surface area contributed by atoms with E-state index in [1.54, 1.807) is 12.1 Å². The van der Waals surface area contributed by atoms with Crippen molar-refractivity contribution in [3.63, 3.8) is 0 Å². The molecule has 2 aromatic heterocycles. The Balaban J connectivity index is 2.31. The van der Waals surface area contributed by atoms with Crippen LogP contribution in [-0.2, 0) is 10.0 Å². The Morgan fingerprint density at radius 2 is 1.95 bits per heavy atom. The molecule has 2 aromatic rings. The monoisotopic (exact) mass is 390 g/mol. The fourth-order valence-electron chi connectivity index (χ4n) is 1.51. The van der Waals surface area contributed by atoms with Gasteiger partial charge in [-0.15, -0.1) is 0 Å². The van der Waals surface area contributed by atoms with Gasteiger partial charge in [-0.25, -0.2) is 18.4 Å². The summed E-state index contributed by atoms with van der Waals surface area (Å²) in [6.07, 6.45) is 2.86. The summed E-state index contributed by atoms with van der Waals surface area (Å²) in [5, 5.41) is -0.0939. The number of sulfonamides is 1. The molecule has 2 heterocycles. The minimum absolute atomic E-state index is 0.0939. The van der Waals surface area contributed by atoms with Gasteiger partial charge in [-0.3, -0.25) is 4.72 Å². The van der Waals surface area contributed by atoms with Gasteiger partial charge in [0, 0.05) is 24.8 Å². The Morgan fingerprint density at radius 3 is 2.52 bits per heavy atom. The smallest absolute Gasteiger partial charge is 0.265 e. The molecule has 0 fully saturated rings. The largest absolute Gasteiger partial charge is 0.363 e. The third-order valence-corrected chi connectivity index (χ3v) is 4.76. The first-order valence-electron chi connectivity index (χ1n) is 5.77. The second-order valence-corrected chi connectivity index (χ2v) is 7.27. The lowest BCUT2D eigenvalue weighted by Gasteiger charge is -2.12. The van der Waals surface area contributed by atoms with E-state index in [0.29, 0.717) is 10.2 Å². The van der Waals surface area contributed by atoms with Crippen molar-refractivity contribution in [1.29, 1.82) is 0 Å². The summed E-state index contributed by atoms with van der Waals surface area (Å²) in [5.74, 6) is 0.722. The minimum atomic E-state index is -3.83. The molecule has 0 amide bonds. The van der Waals surface area contributed by atoms with Crippen LogP contribution >= 0.6 is 27.5 Å². The zero-order chi connectivity index (χ0) is 15.6. The summed E-state index contributed by atoms with van der Waals surface area (Å²) < 4.78 is 27.5. The first kappa shape index (κ1) is 16.0. The van der Waals surface area contributed by atoms with E-state index in [9.17, 15) is 8.42 Å². The maximum absolute atomic E-state index is 12.3. The summed E-state index contributed by atoms with van der Waals surface area (Å²) in [5.41, 5.74) is 0.344. The van der Waals surface area contributed by atoms with Crippen molar-refractivity contribution in [1.82, 2.24) is 9.97 Å². The highest BCUT2D eigenvalue weighted by atomic mass is 79.9. The molecule has 0 unspecified atom stereocenters. The van der Waals surface area contributed by atoms with Crippen LogP contribution in [0.4, 0.5) is 11.5 Å². The molecule has 112 valence electrons. The molecule has 0 radical (unpaired) electrons. The van der Waals surface area contributed by atoms with Crippen LogP contribution in [0.3, 0.4) is 0 Å². The number of rotatable bonds is 4. The van der Waals surface area contributed by atoms with Crippen molar-refractivity contribution in [2.45, 2.75) is 4.90 Å². The molecule has 1 N–H and O–H groups in total. The standard InChI is InChI=1S/C12H12BrClN4O2S/c1-18(2)11-4-3-9(7-15-11)17-21(19,20)10-5-8(13)6-16-12(10)14/h3-7,17H,1-2H3. The van der Waals surface area contributed by atoms with Crippen molar-refractivity contribution in [2.75, 3.05) is 23.7 Å². The zero-order valence-corrected chi connectivity index (χ0v) is 14.4. The molecule has 0 saturated heterocycles. The van der Waals surface area contributed by atoms with E-state index in [0.717, 1.165) is 5.82 Å². The molecule has 0 aliphatic rings. The number of hydrogen-bond acceptors (Lipinski definition) is 5. The Bertz CT molecular complexity index is 750. The zero-order valence-electron chi connectivity index (χ0n) is 11.2. The van der Waals surface area contributed by atoms with Gasteiger partial charge < -0.3 is 4.90 Å². The number of pyridine rings is 2. The highest BCUT2D eigenvalue weighted by Gasteiger charge is 2.19. The van der Waals surface area contributed by atoms with Gasteiger partial charge >= 0.3 is 0 Å². The molecule has 0 atom stereocenters. The van der Waals surface area contributed by atoms with Gasteiger partial charge in [0.15, 0.2) is 0 Å². The summed E-state index contributed by atoms with van der Waals surface area (Å²) >= 11 is 9.01. The number of aromatic nitrogens is 2. The first-order valence-corrected chi connectivity index (χ1v) is 8.42. The van der Waals surface area contributed by atoms with E-state index < -0.39 is 10.0 Å². The van der Waals surface area contributed by atoms with Crippen LogP contribution in [-0.4, -0.2) is 32.5 Å². The van der Waals surface area contributed by atoms with Gasteiger partial charge in [0.05, 0.1) is 11.9 Å². The van der Waals surface area contributed by atoms with Gasteiger partial charge in [0.25, 0.3) is 10.0 Å². The van der Waals surface area contributed by atoms with Crippen LogP contribution in [0.2, 0.25) is 5.15 Å². The Hall–Kier alpha value is -1.38. The van der Waals surface area contributed by atoms with E-state index in [1.165, 1.54) is 18.5 Å². The van der Waals surface area contributed by atoms with E-state index in [-0.39, 0.29) is 10.0 Å². The van der Waals surface area contributed by atoms with E-state index >= 15 is 0 Å². The second kappa shape index (κ2) is 6.17. The van der Waals surface area contributed by atoms with Crippen molar-refractivity contribution in [2.24, 2.45) is 0 Å². The molecule has 0 aliphatic heterocycles.